The number of likely N-dealkylation sites (N-methyl/N-ethyl adjacent to an activating group) is 1. The van der Waals surface area contributed by atoms with E-state index >= 15 is 0 Å². The summed E-state index contributed by atoms with van der Waals surface area (Å²) in [6.07, 6.45) is 0. The quantitative estimate of drug-likeness (QED) is 0.769. The topological polar surface area (TPSA) is 73.0 Å². The van der Waals surface area contributed by atoms with Gasteiger partial charge in [0.1, 0.15) is 12.6 Å². The van der Waals surface area contributed by atoms with Crippen LogP contribution in [0, 0.1) is 0 Å². The lowest BCUT2D eigenvalue weighted by Crippen LogP contribution is -2.57. The monoisotopic (exact) mass is 376 g/mol. The molecule has 1 atom stereocenters. The van der Waals surface area contributed by atoms with Crippen molar-refractivity contribution in [2.24, 2.45) is 0 Å². The first kappa shape index (κ1) is 18.7. The van der Waals surface area contributed by atoms with Gasteiger partial charge in [0.15, 0.2) is 0 Å². The molecule has 3 rings (SSSR count). The van der Waals surface area contributed by atoms with Crippen molar-refractivity contribution in [3.63, 3.8) is 0 Å². The second kappa shape index (κ2) is 8.09. The number of rotatable bonds is 6. The number of fused-ring (bicyclic) bond motifs is 1. The van der Waals surface area contributed by atoms with Crippen LogP contribution in [-0.4, -0.2) is 83.8 Å². The van der Waals surface area contributed by atoms with Crippen molar-refractivity contribution in [3.8, 4) is 0 Å². The van der Waals surface area contributed by atoms with E-state index in [4.69, 9.17) is 0 Å². The second-order valence-electron chi connectivity index (χ2n) is 6.83. The number of carbonyl (C=O) groups is 3. The van der Waals surface area contributed by atoms with E-state index in [9.17, 15) is 14.4 Å². The Kier molecular flexibility index (Phi) is 5.83. The van der Waals surface area contributed by atoms with Crippen LogP contribution in [0.3, 0.4) is 0 Å². The molecule has 0 saturated carbocycles. The van der Waals surface area contributed by atoms with Crippen LogP contribution in [0.4, 0.5) is 0 Å². The van der Waals surface area contributed by atoms with Crippen molar-refractivity contribution >= 4 is 29.5 Å². The minimum absolute atomic E-state index is 0.0106. The molecular formula is C18H24N4O3S. The Morgan fingerprint density at radius 3 is 2.69 bits per heavy atom. The summed E-state index contributed by atoms with van der Waals surface area (Å²) in [5.74, 6) is 1.20. The van der Waals surface area contributed by atoms with Gasteiger partial charge in [0.2, 0.25) is 11.8 Å². The van der Waals surface area contributed by atoms with E-state index in [2.05, 4.69) is 5.32 Å². The number of benzene rings is 1. The molecule has 0 spiro atoms. The third-order valence-electron chi connectivity index (χ3n) is 4.56. The molecule has 0 radical (unpaired) electrons. The first-order chi connectivity index (χ1) is 12.5. The molecule has 1 N–H and O–H groups in total. The molecule has 0 aliphatic carbocycles. The van der Waals surface area contributed by atoms with E-state index < -0.39 is 0 Å². The Balaban J connectivity index is 1.58. The maximum atomic E-state index is 12.6. The Bertz CT molecular complexity index is 692. The third-order valence-corrected chi connectivity index (χ3v) is 5.57. The molecule has 0 aromatic heterocycles. The molecule has 1 aromatic rings. The predicted molar refractivity (Wildman–Crippen MR) is 101 cm³/mol. The van der Waals surface area contributed by atoms with Gasteiger partial charge in [-0.1, -0.05) is 12.1 Å². The maximum Gasteiger partial charge on any atom is 0.251 e. The van der Waals surface area contributed by atoms with E-state index in [1.807, 2.05) is 31.1 Å². The number of thioether (sulfide) groups is 1. The summed E-state index contributed by atoms with van der Waals surface area (Å²) >= 11 is 1.62. The van der Waals surface area contributed by atoms with Crippen molar-refractivity contribution in [1.29, 1.82) is 0 Å². The zero-order chi connectivity index (χ0) is 18.7. The van der Waals surface area contributed by atoms with Gasteiger partial charge in [-0.25, -0.2) is 0 Å². The molecular weight excluding hydrogens is 352 g/mol. The van der Waals surface area contributed by atoms with Crippen LogP contribution in [0.1, 0.15) is 15.9 Å². The van der Waals surface area contributed by atoms with Gasteiger partial charge in [-0.05, 0) is 31.8 Å². The molecule has 0 bridgehead atoms. The van der Waals surface area contributed by atoms with Gasteiger partial charge in [-0.3, -0.25) is 14.4 Å². The fourth-order valence-corrected chi connectivity index (χ4v) is 4.22. The highest BCUT2D eigenvalue weighted by molar-refractivity contribution is 7.99. The molecule has 2 heterocycles. The van der Waals surface area contributed by atoms with E-state index in [0.717, 1.165) is 12.1 Å². The number of nitrogens with zero attached hydrogens (tertiary/aromatic N) is 3. The summed E-state index contributed by atoms with van der Waals surface area (Å²) in [5.41, 5.74) is 1.50. The smallest absolute Gasteiger partial charge is 0.251 e. The summed E-state index contributed by atoms with van der Waals surface area (Å²) in [7, 11) is 3.91. The zero-order valence-electron chi connectivity index (χ0n) is 15.1. The standard InChI is InChI=1S/C18H24N4O3S/c1-20(2)8-7-19-17(24)14-5-3-13(4-6-14)9-21-10-16(23)22-12-26-11-15(22)18(21)25/h3-6,15H,7-12H2,1-2H3,(H,19,24). The summed E-state index contributed by atoms with van der Waals surface area (Å²) < 4.78 is 0. The maximum absolute atomic E-state index is 12.6. The van der Waals surface area contributed by atoms with Crippen molar-refractivity contribution in [1.82, 2.24) is 20.0 Å². The van der Waals surface area contributed by atoms with Gasteiger partial charge in [0.25, 0.3) is 5.91 Å². The molecule has 3 amide bonds. The van der Waals surface area contributed by atoms with Crippen LogP contribution in [0.5, 0.6) is 0 Å². The van der Waals surface area contributed by atoms with E-state index in [1.54, 1.807) is 33.7 Å². The molecule has 2 saturated heterocycles. The summed E-state index contributed by atoms with van der Waals surface area (Å²) in [6, 6.07) is 6.88. The fraction of sp³-hybridized carbons (Fsp3) is 0.500. The Labute approximate surface area is 157 Å². The van der Waals surface area contributed by atoms with E-state index in [-0.39, 0.29) is 30.3 Å². The van der Waals surface area contributed by atoms with E-state index in [0.29, 0.717) is 30.3 Å². The van der Waals surface area contributed by atoms with Gasteiger partial charge < -0.3 is 20.0 Å². The highest BCUT2D eigenvalue weighted by Gasteiger charge is 2.42. The van der Waals surface area contributed by atoms with Crippen LogP contribution < -0.4 is 5.32 Å². The number of carbonyl (C=O) groups excluding carboxylic acids is 3. The van der Waals surface area contributed by atoms with Crippen molar-refractivity contribution < 1.29 is 14.4 Å². The normalized spacial score (nSPS) is 19.9. The lowest BCUT2D eigenvalue weighted by Gasteiger charge is -2.35. The molecule has 2 aliphatic rings. The third kappa shape index (κ3) is 4.19. The number of amides is 3. The predicted octanol–water partition coefficient (Wildman–Crippen LogP) is 0.222. The van der Waals surface area contributed by atoms with Crippen LogP contribution in [0.25, 0.3) is 0 Å². The fourth-order valence-electron chi connectivity index (χ4n) is 3.05. The zero-order valence-corrected chi connectivity index (χ0v) is 15.9. The number of hydrogen-bond acceptors (Lipinski definition) is 5. The van der Waals surface area contributed by atoms with Gasteiger partial charge in [-0.15, -0.1) is 11.8 Å². The average Bonchev–Trinajstić information content (AvgIpc) is 3.10. The molecule has 140 valence electrons. The molecule has 1 unspecified atom stereocenters. The number of nitrogens with one attached hydrogen (secondary N) is 1. The second-order valence-corrected chi connectivity index (χ2v) is 7.83. The van der Waals surface area contributed by atoms with Gasteiger partial charge in [-0.2, -0.15) is 0 Å². The highest BCUT2D eigenvalue weighted by atomic mass is 32.2. The Morgan fingerprint density at radius 2 is 2.00 bits per heavy atom. The SMILES string of the molecule is CN(C)CCNC(=O)c1ccc(CN2CC(=O)N3CSCC3C2=O)cc1. The van der Waals surface area contributed by atoms with Crippen LogP contribution in [0.2, 0.25) is 0 Å². The average molecular weight is 376 g/mol. The van der Waals surface area contributed by atoms with E-state index in [1.165, 1.54) is 0 Å². The molecule has 8 heteroatoms. The van der Waals surface area contributed by atoms with Gasteiger partial charge in [0.05, 0.1) is 5.88 Å². The Hall–Kier alpha value is -2.06. The van der Waals surface area contributed by atoms with Crippen molar-refractivity contribution in [2.75, 3.05) is 45.4 Å². The first-order valence-electron chi connectivity index (χ1n) is 8.63. The highest BCUT2D eigenvalue weighted by Crippen LogP contribution is 2.26. The lowest BCUT2D eigenvalue weighted by atomic mass is 10.1. The van der Waals surface area contributed by atoms with Gasteiger partial charge >= 0.3 is 0 Å². The van der Waals surface area contributed by atoms with Gasteiger partial charge in [0, 0.05) is 31.0 Å². The molecule has 26 heavy (non-hydrogen) atoms. The minimum Gasteiger partial charge on any atom is -0.351 e. The largest absolute Gasteiger partial charge is 0.351 e. The summed E-state index contributed by atoms with van der Waals surface area (Å²) in [5, 5.41) is 2.87. The summed E-state index contributed by atoms with van der Waals surface area (Å²) in [4.78, 5) is 42.1. The Morgan fingerprint density at radius 1 is 1.27 bits per heavy atom. The summed E-state index contributed by atoms with van der Waals surface area (Å²) in [6.45, 7) is 1.89. The molecule has 7 nitrogen and oxygen atoms in total. The molecule has 2 aliphatic heterocycles. The molecule has 1 aromatic carbocycles. The van der Waals surface area contributed by atoms with Crippen LogP contribution in [-0.2, 0) is 16.1 Å². The van der Waals surface area contributed by atoms with Crippen LogP contribution >= 0.6 is 11.8 Å². The molecule has 2 fully saturated rings. The number of hydrogen-bond donors (Lipinski definition) is 1. The van der Waals surface area contributed by atoms with Crippen molar-refractivity contribution in [2.45, 2.75) is 12.6 Å². The minimum atomic E-state index is -0.317. The van der Waals surface area contributed by atoms with Crippen molar-refractivity contribution in [3.05, 3.63) is 35.4 Å². The number of piperazine rings is 1. The lowest BCUT2D eigenvalue weighted by molar-refractivity contribution is -0.153. The first-order valence-corrected chi connectivity index (χ1v) is 9.79. The van der Waals surface area contributed by atoms with Crippen LogP contribution in [0.15, 0.2) is 24.3 Å².